The maximum Gasteiger partial charge on any atom is 0.244 e. The number of hydrogen-bond acceptors (Lipinski definition) is 3. The molecule has 0 spiro atoms. The van der Waals surface area contributed by atoms with Crippen molar-refractivity contribution in [3.8, 4) is 5.75 Å². The van der Waals surface area contributed by atoms with Gasteiger partial charge in [-0.3, -0.25) is 4.79 Å². The van der Waals surface area contributed by atoms with E-state index in [-0.39, 0.29) is 17.9 Å². The van der Waals surface area contributed by atoms with Gasteiger partial charge in [-0.05, 0) is 43.5 Å². The summed E-state index contributed by atoms with van der Waals surface area (Å²) in [6, 6.07) is 7.59. The fraction of sp³-hybridized carbons (Fsp3) is 0.471. The van der Waals surface area contributed by atoms with Crippen molar-refractivity contribution in [2.24, 2.45) is 5.92 Å². The van der Waals surface area contributed by atoms with E-state index in [0.29, 0.717) is 13.2 Å². The first-order chi connectivity index (χ1) is 10.2. The van der Waals surface area contributed by atoms with Crippen LogP contribution in [0.5, 0.6) is 5.75 Å². The molecule has 4 nitrogen and oxygen atoms in total. The van der Waals surface area contributed by atoms with Gasteiger partial charge >= 0.3 is 0 Å². The molecular weight excluding hydrogens is 266 g/mol. The van der Waals surface area contributed by atoms with Gasteiger partial charge in [-0.1, -0.05) is 18.6 Å². The topological polar surface area (TPSA) is 58.6 Å². The third-order valence-electron chi connectivity index (χ3n) is 3.78. The molecule has 2 N–H and O–H groups in total. The van der Waals surface area contributed by atoms with E-state index < -0.39 is 0 Å². The van der Waals surface area contributed by atoms with Gasteiger partial charge in [0.05, 0.1) is 12.7 Å². The lowest BCUT2D eigenvalue weighted by molar-refractivity contribution is -0.116. The Hall–Kier alpha value is -1.81. The summed E-state index contributed by atoms with van der Waals surface area (Å²) in [5.74, 6) is 0.908. The number of aliphatic hydroxyl groups is 1. The van der Waals surface area contributed by atoms with Gasteiger partial charge in [0.25, 0.3) is 0 Å². The molecule has 114 valence electrons. The quantitative estimate of drug-likeness (QED) is 0.791. The van der Waals surface area contributed by atoms with Crippen LogP contribution in [0.2, 0.25) is 0 Å². The van der Waals surface area contributed by atoms with Crippen molar-refractivity contribution in [3.05, 3.63) is 35.9 Å². The number of carbonyl (C=O) groups is 1. The number of aliphatic hydroxyl groups excluding tert-OH is 1. The van der Waals surface area contributed by atoms with Gasteiger partial charge in [0, 0.05) is 18.5 Å². The predicted molar refractivity (Wildman–Crippen MR) is 83.0 cm³/mol. The van der Waals surface area contributed by atoms with Gasteiger partial charge in [0.15, 0.2) is 0 Å². The highest BCUT2D eigenvalue weighted by molar-refractivity contribution is 5.91. The van der Waals surface area contributed by atoms with Crippen molar-refractivity contribution < 1.29 is 14.6 Å². The first-order valence-corrected chi connectivity index (χ1v) is 7.56. The minimum atomic E-state index is -0.264. The Balaban J connectivity index is 1.78. The van der Waals surface area contributed by atoms with Crippen LogP contribution < -0.4 is 10.1 Å². The molecule has 4 heteroatoms. The largest absolute Gasteiger partial charge is 0.494 e. The Labute approximate surface area is 125 Å². The molecule has 1 amide bonds. The van der Waals surface area contributed by atoms with Crippen molar-refractivity contribution in [2.45, 2.75) is 32.3 Å². The molecule has 0 heterocycles. The van der Waals surface area contributed by atoms with E-state index in [1.807, 2.05) is 31.2 Å². The van der Waals surface area contributed by atoms with E-state index in [0.717, 1.165) is 30.6 Å². The molecule has 1 aliphatic rings. The molecule has 21 heavy (non-hydrogen) atoms. The van der Waals surface area contributed by atoms with Crippen molar-refractivity contribution in [1.82, 2.24) is 5.32 Å². The van der Waals surface area contributed by atoms with Crippen LogP contribution in [0.15, 0.2) is 30.3 Å². The predicted octanol–water partition coefficient (Wildman–Crippen LogP) is 2.38. The molecule has 1 aliphatic carbocycles. The van der Waals surface area contributed by atoms with E-state index >= 15 is 0 Å². The third kappa shape index (κ3) is 4.90. The van der Waals surface area contributed by atoms with Crippen molar-refractivity contribution in [1.29, 1.82) is 0 Å². The van der Waals surface area contributed by atoms with Crippen LogP contribution >= 0.6 is 0 Å². The Morgan fingerprint density at radius 1 is 1.38 bits per heavy atom. The average molecular weight is 289 g/mol. The second kappa shape index (κ2) is 7.84. The van der Waals surface area contributed by atoms with Gasteiger partial charge in [-0.15, -0.1) is 0 Å². The lowest BCUT2D eigenvalue weighted by Crippen LogP contribution is -2.31. The third-order valence-corrected chi connectivity index (χ3v) is 3.78. The van der Waals surface area contributed by atoms with Crippen LogP contribution in [0.4, 0.5) is 0 Å². The fourth-order valence-corrected chi connectivity index (χ4v) is 2.56. The van der Waals surface area contributed by atoms with Crippen molar-refractivity contribution >= 4 is 12.0 Å². The number of carbonyl (C=O) groups excluding carboxylic acids is 1. The maximum absolute atomic E-state index is 11.7. The van der Waals surface area contributed by atoms with E-state index in [2.05, 4.69) is 5.32 Å². The molecule has 0 aliphatic heterocycles. The zero-order chi connectivity index (χ0) is 15.1. The number of amides is 1. The SMILES string of the molecule is CCOc1ccc(C=CC(=O)NCC2CCCC2O)cc1. The summed E-state index contributed by atoms with van der Waals surface area (Å²) in [7, 11) is 0. The van der Waals surface area contributed by atoms with Crippen LogP contribution in [0.25, 0.3) is 6.08 Å². The summed E-state index contributed by atoms with van der Waals surface area (Å²) in [4.78, 5) is 11.7. The van der Waals surface area contributed by atoms with Crippen LogP contribution in [-0.2, 0) is 4.79 Å². The van der Waals surface area contributed by atoms with Gasteiger partial charge in [-0.2, -0.15) is 0 Å². The number of rotatable bonds is 6. The normalized spacial score (nSPS) is 21.6. The highest BCUT2D eigenvalue weighted by atomic mass is 16.5. The first-order valence-electron chi connectivity index (χ1n) is 7.56. The number of benzene rings is 1. The minimum Gasteiger partial charge on any atom is -0.494 e. The van der Waals surface area contributed by atoms with Gasteiger partial charge in [0.2, 0.25) is 5.91 Å². The first kappa shape index (κ1) is 15.6. The molecule has 1 fully saturated rings. The van der Waals surface area contributed by atoms with E-state index in [1.165, 1.54) is 6.08 Å². The molecule has 0 radical (unpaired) electrons. The summed E-state index contributed by atoms with van der Waals surface area (Å²) in [6.45, 7) is 3.14. The van der Waals surface area contributed by atoms with Gasteiger partial charge < -0.3 is 15.2 Å². The molecule has 2 rings (SSSR count). The van der Waals surface area contributed by atoms with E-state index in [1.54, 1.807) is 6.08 Å². The van der Waals surface area contributed by atoms with Crippen molar-refractivity contribution in [2.75, 3.05) is 13.2 Å². The fourth-order valence-electron chi connectivity index (χ4n) is 2.56. The second-order valence-corrected chi connectivity index (χ2v) is 5.34. The molecule has 0 saturated heterocycles. The van der Waals surface area contributed by atoms with Gasteiger partial charge in [-0.25, -0.2) is 0 Å². The van der Waals surface area contributed by atoms with Gasteiger partial charge in [0.1, 0.15) is 5.75 Å². The smallest absolute Gasteiger partial charge is 0.244 e. The summed E-state index contributed by atoms with van der Waals surface area (Å²) in [5.41, 5.74) is 0.953. The van der Waals surface area contributed by atoms with Crippen LogP contribution in [0, 0.1) is 5.92 Å². The number of ether oxygens (including phenoxy) is 1. The Morgan fingerprint density at radius 3 is 2.76 bits per heavy atom. The molecule has 0 bridgehead atoms. The van der Waals surface area contributed by atoms with Crippen LogP contribution in [0.1, 0.15) is 31.7 Å². The van der Waals surface area contributed by atoms with E-state index in [9.17, 15) is 9.90 Å². The summed E-state index contributed by atoms with van der Waals surface area (Å²) < 4.78 is 5.36. The summed E-state index contributed by atoms with van der Waals surface area (Å²) in [6.07, 6.45) is 5.92. The number of hydrogen-bond donors (Lipinski definition) is 2. The summed E-state index contributed by atoms with van der Waals surface area (Å²) >= 11 is 0. The minimum absolute atomic E-state index is 0.122. The number of nitrogens with one attached hydrogen (secondary N) is 1. The zero-order valence-electron chi connectivity index (χ0n) is 12.4. The maximum atomic E-state index is 11.7. The van der Waals surface area contributed by atoms with E-state index in [4.69, 9.17) is 4.74 Å². The average Bonchev–Trinajstić information content (AvgIpc) is 2.90. The lowest BCUT2D eigenvalue weighted by atomic mass is 10.1. The molecular formula is C17H23NO3. The second-order valence-electron chi connectivity index (χ2n) is 5.34. The molecule has 0 aromatic heterocycles. The highest BCUT2D eigenvalue weighted by Crippen LogP contribution is 2.24. The molecule has 1 saturated carbocycles. The lowest BCUT2D eigenvalue weighted by Gasteiger charge is -2.13. The van der Waals surface area contributed by atoms with Crippen LogP contribution in [0.3, 0.4) is 0 Å². The highest BCUT2D eigenvalue weighted by Gasteiger charge is 2.24. The van der Waals surface area contributed by atoms with Crippen molar-refractivity contribution in [3.63, 3.8) is 0 Å². The standard InChI is InChI=1S/C17H23NO3/c1-2-21-15-9-6-13(7-10-15)8-11-17(20)18-12-14-4-3-5-16(14)19/h6-11,14,16,19H,2-5,12H2,1H3,(H,18,20). The molecule has 1 aromatic carbocycles. The summed E-state index contributed by atoms with van der Waals surface area (Å²) in [5, 5.41) is 12.5. The Bertz CT molecular complexity index is 481. The Morgan fingerprint density at radius 2 is 2.14 bits per heavy atom. The van der Waals surface area contributed by atoms with Crippen LogP contribution in [-0.4, -0.2) is 30.3 Å². The molecule has 2 unspecified atom stereocenters. The monoisotopic (exact) mass is 289 g/mol. The molecule has 1 aromatic rings. The zero-order valence-corrected chi connectivity index (χ0v) is 12.4. The Kier molecular flexibility index (Phi) is 5.81. The molecule has 2 atom stereocenters.